The molecule has 0 aromatic carbocycles. The molecule has 4 saturated carbocycles. The van der Waals surface area contributed by atoms with E-state index in [-0.39, 0.29) is 11.2 Å². The SMILES string of the molecule is C=C1C(=CC=C2CCC[C@]3(C)[C@@H]([C@H](C)C=C[C@@H](O)C4(C(=O)C#CCCC)CC4)CC[C@@H]23)C[C@@H](O)C[C@@H]1O. The lowest BCUT2D eigenvalue weighted by atomic mass is 9.61. The molecule has 0 saturated heterocycles. The smallest absolute Gasteiger partial charge is 0.214 e. The number of aliphatic hydroxyl groups is 3. The first kappa shape index (κ1) is 28.1. The fraction of sp³-hybridized carbons (Fsp3) is 0.667. The Labute approximate surface area is 223 Å². The van der Waals surface area contributed by atoms with Crippen molar-refractivity contribution in [2.75, 3.05) is 0 Å². The molecule has 7 atom stereocenters. The van der Waals surface area contributed by atoms with Crippen LogP contribution in [0.25, 0.3) is 0 Å². The van der Waals surface area contributed by atoms with Crippen LogP contribution in [0.5, 0.6) is 0 Å². The van der Waals surface area contributed by atoms with Gasteiger partial charge in [-0.25, -0.2) is 0 Å². The van der Waals surface area contributed by atoms with Crippen molar-refractivity contribution < 1.29 is 20.1 Å². The van der Waals surface area contributed by atoms with Gasteiger partial charge in [0.25, 0.3) is 0 Å². The van der Waals surface area contributed by atoms with Gasteiger partial charge in [0.2, 0.25) is 5.78 Å². The van der Waals surface area contributed by atoms with Crippen molar-refractivity contribution in [3.05, 3.63) is 47.6 Å². The first-order valence-electron chi connectivity index (χ1n) is 14.5. The van der Waals surface area contributed by atoms with Crippen LogP contribution in [0.4, 0.5) is 0 Å². The Morgan fingerprint density at radius 2 is 1.95 bits per heavy atom. The summed E-state index contributed by atoms with van der Waals surface area (Å²) < 4.78 is 0. The average Bonchev–Trinajstić information content (AvgIpc) is 3.60. The molecule has 4 aliphatic carbocycles. The lowest BCUT2D eigenvalue weighted by molar-refractivity contribution is -0.121. The number of Topliss-reactive ketones (excluding diaryl/α,β-unsaturated/α-hetero) is 1. The normalized spacial score (nSPS) is 36.8. The first-order chi connectivity index (χ1) is 17.6. The molecule has 0 amide bonds. The van der Waals surface area contributed by atoms with Crippen LogP contribution < -0.4 is 0 Å². The number of rotatable bonds is 7. The summed E-state index contributed by atoms with van der Waals surface area (Å²) in [5.74, 6) is 7.00. The van der Waals surface area contributed by atoms with E-state index in [1.807, 2.05) is 13.0 Å². The van der Waals surface area contributed by atoms with Gasteiger partial charge in [-0.1, -0.05) is 63.1 Å². The van der Waals surface area contributed by atoms with Gasteiger partial charge < -0.3 is 15.3 Å². The summed E-state index contributed by atoms with van der Waals surface area (Å²) in [5.41, 5.74) is 2.71. The Morgan fingerprint density at radius 3 is 2.65 bits per heavy atom. The zero-order chi connectivity index (χ0) is 26.8. The third kappa shape index (κ3) is 5.75. The summed E-state index contributed by atoms with van der Waals surface area (Å²) in [6.45, 7) is 10.8. The zero-order valence-corrected chi connectivity index (χ0v) is 23.0. The average molecular weight is 507 g/mol. The molecule has 4 aliphatic rings. The van der Waals surface area contributed by atoms with Crippen molar-refractivity contribution in [3.8, 4) is 11.8 Å². The van der Waals surface area contributed by atoms with Crippen molar-refractivity contribution >= 4 is 5.78 Å². The highest BCUT2D eigenvalue weighted by Gasteiger charge is 2.54. The van der Waals surface area contributed by atoms with E-state index >= 15 is 0 Å². The predicted octanol–water partition coefficient (Wildman–Crippen LogP) is 5.83. The van der Waals surface area contributed by atoms with Gasteiger partial charge >= 0.3 is 0 Å². The number of fused-ring (bicyclic) bond motifs is 1. The summed E-state index contributed by atoms with van der Waals surface area (Å²) in [4.78, 5) is 12.6. The van der Waals surface area contributed by atoms with E-state index in [2.05, 4.69) is 50.5 Å². The Bertz CT molecular complexity index is 1030. The zero-order valence-electron chi connectivity index (χ0n) is 23.0. The van der Waals surface area contributed by atoms with Crippen LogP contribution in [0.1, 0.15) is 91.4 Å². The molecule has 4 fully saturated rings. The lowest BCUT2D eigenvalue weighted by Crippen LogP contribution is -2.35. The van der Waals surface area contributed by atoms with Crippen LogP contribution in [0.2, 0.25) is 0 Å². The monoisotopic (exact) mass is 506 g/mol. The third-order valence-corrected chi connectivity index (χ3v) is 9.92. The second-order valence-electron chi connectivity index (χ2n) is 12.4. The number of allylic oxidation sites excluding steroid dienone is 4. The second-order valence-corrected chi connectivity index (χ2v) is 12.4. The van der Waals surface area contributed by atoms with E-state index < -0.39 is 23.7 Å². The topological polar surface area (TPSA) is 77.8 Å². The first-order valence-corrected chi connectivity index (χ1v) is 14.5. The summed E-state index contributed by atoms with van der Waals surface area (Å²) in [7, 11) is 0. The maximum atomic E-state index is 12.6. The largest absolute Gasteiger partial charge is 0.393 e. The Morgan fingerprint density at radius 1 is 1.19 bits per heavy atom. The number of hydrogen-bond acceptors (Lipinski definition) is 4. The molecule has 0 aromatic rings. The number of ketones is 1. The molecule has 202 valence electrons. The molecule has 0 radical (unpaired) electrons. The van der Waals surface area contributed by atoms with E-state index in [0.717, 1.165) is 56.1 Å². The molecular weight excluding hydrogens is 460 g/mol. The lowest BCUT2D eigenvalue weighted by Gasteiger charge is -2.44. The summed E-state index contributed by atoms with van der Waals surface area (Å²) in [6, 6.07) is 0. The van der Waals surface area contributed by atoms with Crippen molar-refractivity contribution in [3.63, 3.8) is 0 Å². The van der Waals surface area contributed by atoms with Crippen molar-refractivity contribution in [2.45, 2.75) is 110 Å². The van der Waals surface area contributed by atoms with Crippen LogP contribution in [0.15, 0.2) is 47.6 Å². The molecule has 0 bridgehead atoms. The number of hydrogen-bond donors (Lipinski definition) is 3. The number of carbonyl (C=O) groups is 1. The summed E-state index contributed by atoms with van der Waals surface area (Å²) in [6.07, 6.45) is 16.3. The van der Waals surface area contributed by atoms with Crippen LogP contribution in [-0.4, -0.2) is 39.4 Å². The molecule has 4 heteroatoms. The van der Waals surface area contributed by atoms with Crippen LogP contribution in [0, 0.1) is 40.4 Å². The van der Waals surface area contributed by atoms with Gasteiger partial charge in [-0.2, -0.15) is 0 Å². The summed E-state index contributed by atoms with van der Waals surface area (Å²) >= 11 is 0. The van der Waals surface area contributed by atoms with Crippen molar-refractivity contribution in [1.82, 2.24) is 0 Å². The fourth-order valence-electron chi connectivity index (χ4n) is 7.39. The minimum absolute atomic E-state index is 0.101. The molecule has 0 unspecified atom stereocenters. The quantitative estimate of drug-likeness (QED) is 0.231. The Hall–Kier alpha value is -1.93. The third-order valence-electron chi connectivity index (χ3n) is 9.92. The Balaban J connectivity index is 1.44. The number of aliphatic hydroxyl groups excluding tert-OH is 3. The van der Waals surface area contributed by atoms with Gasteiger partial charge in [0.1, 0.15) is 0 Å². The van der Waals surface area contributed by atoms with Crippen LogP contribution in [-0.2, 0) is 4.79 Å². The van der Waals surface area contributed by atoms with Gasteiger partial charge in [-0.05, 0) is 98.0 Å². The number of unbranched alkanes of at least 4 members (excludes halogenated alkanes) is 1. The highest BCUT2D eigenvalue weighted by molar-refractivity contribution is 6.02. The molecule has 37 heavy (non-hydrogen) atoms. The molecular formula is C33H46O4. The van der Waals surface area contributed by atoms with Gasteiger partial charge in [-0.3, -0.25) is 4.79 Å². The highest BCUT2D eigenvalue weighted by Crippen LogP contribution is 2.59. The minimum Gasteiger partial charge on any atom is -0.393 e. The van der Waals surface area contributed by atoms with E-state index in [0.29, 0.717) is 30.6 Å². The van der Waals surface area contributed by atoms with E-state index in [4.69, 9.17) is 0 Å². The minimum atomic E-state index is -0.758. The molecule has 0 heterocycles. The van der Waals surface area contributed by atoms with Gasteiger partial charge in [0.15, 0.2) is 0 Å². The number of carbonyl (C=O) groups excluding carboxylic acids is 1. The van der Waals surface area contributed by atoms with E-state index in [1.165, 1.54) is 18.4 Å². The summed E-state index contributed by atoms with van der Waals surface area (Å²) in [5, 5.41) is 31.2. The van der Waals surface area contributed by atoms with Gasteiger partial charge in [0.05, 0.1) is 23.7 Å². The molecule has 0 aliphatic heterocycles. The van der Waals surface area contributed by atoms with E-state index in [1.54, 1.807) is 0 Å². The highest BCUT2D eigenvalue weighted by atomic mass is 16.3. The fourth-order valence-corrected chi connectivity index (χ4v) is 7.39. The molecule has 4 nitrogen and oxygen atoms in total. The van der Waals surface area contributed by atoms with Crippen LogP contribution in [0.3, 0.4) is 0 Å². The molecule has 0 aromatic heterocycles. The molecule has 4 rings (SSSR count). The predicted molar refractivity (Wildman–Crippen MR) is 148 cm³/mol. The molecule has 3 N–H and O–H groups in total. The van der Waals surface area contributed by atoms with Crippen molar-refractivity contribution in [2.24, 2.45) is 28.6 Å². The Kier molecular flexibility index (Phi) is 8.68. The maximum Gasteiger partial charge on any atom is 0.214 e. The maximum absolute atomic E-state index is 12.6. The van der Waals surface area contributed by atoms with Gasteiger partial charge in [-0.15, -0.1) is 0 Å². The standard InChI is InChI=1S/C33H46O4/c1-5-6-7-10-30(36)33(18-19-33)31(37)16-11-22(2)27-14-15-28-24(9-8-17-32(27,28)4)12-13-25-20-26(34)21-29(35)23(25)3/h11-13,16,22,26-29,31,34-35,37H,3,5-6,8-9,14-15,17-21H2,1-2,4H3/t22-,26-,27-,28+,29+,31-,32-/m1/s1. The molecule has 0 spiro atoms. The van der Waals surface area contributed by atoms with E-state index in [9.17, 15) is 20.1 Å². The van der Waals surface area contributed by atoms with Crippen molar-refractivity contribution in [1.29, 1.82) is 0 Å². The van der Waals surface area contributed by atoms with Crippen LogP contribution >= 0.6 is 0 Å². The van der Waals surface area contributed by atoms with Gasteiger partial charge in [0, 0.05) is 12.8 Å². The second kappa shape index (κ2) is 11.4.